The molecular formula is C10H17NP4. The van der Waals surface area contributed by atoms with E-state index in [-0.39, 0.29) is 7.30 Å². The fourth-order valence-corrected chi connectivity index (χ4v) is 8.13. The number of nitrogens with zero attached hydrogens (tertiary/aromatic N) is 1. The Balaban J connectivity index is 2.25. The van der Waals surface area contributed by atoms with Crippen molar-refractivity contribution in [3.8, 4) is 0 Å². The van der Waals surface area contributed by atoms with Crippen LogP contribution in [0.2, 0.25) is 0 Å². The Morgan fingerprint density at radius 1 is 1.60 bits per heavy atom. The average molecular weight is 275 g/mol. The maximum atomic E-state index is 4.27. The SMILES string of the molecule is CC1c2cnccc2CCC1P(P)PP. The Morgan fingerprint density at radius 2 is 2.40 bits per heavy atom. The summed E-state index contributed by atoms with van der Waals surface area (Å²) in [6.07, 6.45) is 6.60. The van der Waals surface area contributed by atoms with Gasteiger partial charge in [0.15, 0.2) is 0 Å². The van der Waals surface area contributed by atoms with Gasteiger partial charge in [0.25, 0.3) is 0 Å². The fourth-order valence-electron chi connectivity index (χ4n) is 2.31. The van der Waals surface area contributed by atoms with Crippen LogP contribution in [0, 0.1) is 0 Å². The molecule has 0 aliphatic heterocycles. The average Bonchev–Trinajstić information content (AvgIpc) is 2.29. The second-order valence-corrected chi connectivity index (χ2v) is 13.6. The van der Waals surface area contributed by atoms with Gasteiger partial charge in [-0.1, -0.05) is 22.2 Å². The number of aromatic nitrogens is 1. The standard InChI is InChI=1S/C10H17NP4/c1-7-9-6-11-5-4-8(9)2-3-10(7)15(13)14-12/h4-7,10,14H,2-3,12-13H2,1H3. The zero-order valence-electron chi connectivity index (χ0n) is 8.85. The van der Waals surface area contributed by atoms with Gasteiger partial charge in [-0.25, -0.2) is 0 Å². The summed E-state index contributed by atoms with van der Waals surface area (Å²) in [5, 5.41) is 0. The summed E-state index contributed by atoms with van der Waals surface area (Å²) in [7, 11) is 7.12. The first-order valence-electron chi connectivity index (χ1n) is 5.17. The lowest BCUT2D eigenvalue weighted by Crippen LogP contribution is -2.20. The molecule has 0 N–H and O–H groups in total. The van der Waals surface area contributed by atoms with E-state index in [2.05, 4.69) is 42.0 Å². The van der Waals surface area contributed by atoms with Crippen LogP contribution in [0.4, 0.5) is 0 Å². The van der Waals surface area contributed by atoms with Crippen molar-refractivity contribution in [2.45, 2.75) is 31.3 Å². The van der Waals surface area contributed by atoms with E-state index < -0.39 is 0 Å². The highest BCUT2D eigenvalue weighted by Gasteiger charge is 2.29. The van der Waals surface area contributed by atoms with Gasteiger partial charge < -0.3 is 0 Å². The molecule has 0 spiro atoms. The van der Waals surface area contributed by atoms with Crippen LogP contribution in [-0.4, -0.2) is 10.6 Å². The van der Waals surface area contributed by atoms with Crippen molar-refractivity contribution in [3.05, 3.63) is 29.6 Å². The minimum absolute atomic E-state index is 0.119. The minimum atomic E-state index is 0.119. The summed E-state index contributed by atoms with van der Waals surface area (Å²) in [4.78, 5) is 4.27. The molecule has 0 saturated heterocycles. The quantitative estimate of drug-likeness (QED) is 0.739. The van der Waals surface area contributed by atoms with E-state index in [0.29, 0.717) is 5.92 Å². The molecule has 15 heavy (non-hydrogen) atoms. The molecule has 1 aliphatic rings. The molecule has 1 aromatic heterocycles. The summed E-state index contributed by atoms with van der Waals surface area (Å²) in [6.45, 7) is 2.37. The number of hydrogen-bond donors (Lipinski definition) is 0. The highest BCUT2D eigenvalue weighted by Crippen LogP contribution is 2.72. The maximum Gasteiger partial charge on any atom is 0.0305 e. The highest BCUT2D eigenvalue weighted by atomic mass is 32.6. The molecule has 0 fully saturated rings. The molecule has 1 aromatic rings. The van der Waals surface area contributed by atoms with Crippen molar-refractivity contribution in [2.75, 3.05) is 0 Å². The largest absolute Gasteiger partial charge is 0.264 e. The summed E-state index contributed by atoms with van der Waals surface area (Å²) >= 11 is 0. The van der Waals surface area contributed by atoms with Crippen LogP contribution in [-0.2, 0) is 6.42 Å². The molecule has 0 amide bonds. The molecule has 1 aliphatic carbocycles. The van der Waals surface area contributed by atoms with Gasteiger partial charge in [0.05, 0.1) is 0 Å². The minimum Gasteiger partial charge on any atom is -0.264 e. The van der Waals surface area contributed by atoms with Crippen molar-refractivity contribution in [2.24, 2.45) is 0 Å². The normalized spacial score (nSPS) is 27.9. The smallest absolute Gasteiger partial charge is 0.0305 e. The first-order valence-corrected chi connectivity index (χ1v) is 11.8. The maximum absolute atomic E-state index is 4.27. The second-order valence-electron chi connectivity index (χ2n) is 4.01. The Hall–Kier alpha value is 0.870. The molecule has 2 rings (SSSR count). The summed E-state index contributed by atoms with van der Waals surface area (Å²) in [6, 6.07) is 2.19. The van der Waals surface area contributed by atoms with Crippen LogP contribution in [0.15, 0.2) is 18.5 Å². The first-order chi connectivity index (χ1) is 7.24. The summed E-state index contributed by atoms with van der Waals surface area (Å²) < 4.78 is 0. The lowest BCUT2D eigenvalue weighted by Gasteiger charge is -2.34. The predicted molar refractivity (Wildman–Crippen MR) is 79.4 cm³/mol. The van der Waals surface area contributed by atoms with Gasteiger partial charge in [-0.2, -0.15) is 0 Å². The number of pyridine rings is 1. The zero-order valence-corrected chi connectivity index (χ0v) is 13.1. The highest BCUT2D eigenvalue weighted by molar-refractivity contribution is 8.61. The van der Waals surface area contributed by atoms with Crippen molar-refractivity contribution >= 4 is 33.1 Å². The number of fused-ring (bicyclic) bond motifs is 1. The van der Waals surface area contributed by atoms with Gasteiger partial charge in [0.2, 0.25) is 0 Å². The fraction of sp³-hybridized carbons (Fsp3) is 0.500. The molecule has 1 nitrogen and oxygen atoms in total. The summed E-state index contributed by atoms with van der Waals surface area (Å²) in [5.41, 5.74) is 3.89. The lowest BCUT2D eigenvalue weighted by atomic mass is 9.85. The molecule has 5 heteroatoms. The van der Waals surface area contributed by atoms with Crippen LogP contribution >= 0.6 is 33.1 Å². The number of rotatable bonds is 2. The van der Waals surface area contributed by atoms with Crippen molar-refractivity contribution in [1.82, 2.24) is 4.98 Å². The Bertz CT molecular complexity index is 344. The van der Waals surface area contributed by atoms with E-state index in [1.54, 1.807) is 0 Å². The van der Waals surface area contributed by atoms with E-state index in [1.165, 1.54) is 24.0 Å². The second kappa shape index (κ2) is 5.47. The Kier molecular flexibility index (Phi) is 4.50. The molecule has 1 heterocycles. The third kappa shape index (κ3) is 2.58. The van der Waals surface area contributed by atoms with Crippen molar-refractivity contribution < 1.29 is 0 Å². The van der Waals surface area contributed by atoms with E-state index in [1.807, 2.05) is 6.20 Å². The van der Waals surface area contributed by atoms with Gasteiger partial charge >= 0.3 is 0 Å². The third-order valence-electron chi connectivity index (χ3n) is 3.23. The molecule has 0 radical (unpaired) electrons. The molecule has 82 valence electrons. The van der Waals surface area contributed by atoms with Gasteiger partial charge in [0.1, 0.15) is 0 Å². The molecule has 0 aromatic carbocycles. The van der Waals surface area contributed by atoms with Gasteiger partial charge in [-0.15, -0.1) is 17.9 Å². The lowest BCUT2D eigenvalue weighted by molar-refractivity contribution is 0.602. The van der Waals surface area contributed by atoms with Crippen LogP contribution < -0.4 is 0 Å². The molecule has 0 saturated carbocycles. The van der Waals surface area contributed by atoms with Crippen LogP contribution in [0.25, 0.3) is 0 Å². The van der Waals surface area contributed by atoms with Crippen LogP contribution in [0.1, 0.15) is 30.4 Å². The number of hydrogen-bond acceptors (Lipinski definition) is 1. The molecule has 0 bridgehead atoms. The van der Waals surface area contributed by atoms with E-state index in [0.717, 1.165) is 13.6 Å². The van der Waals surface area contributed by atoms with Gasteiger partial charge in [-0.3, -0.25) is 4.98 Å². The van der Waals surface area contributed by atoms with Gasteiger partial charge in [0, 0.05) is 12.4 Å². The number of aryl methyl sites for hydroxylation is 1. The van der Waals surface area contributed by atoms with Crippen LogP contribution in [0.3, 0.4) is 0 Å². The van der Waals surface area contributed by atoms with Crippen molar-refractivity contribution in [3.63, 3.8) is 0 Å². The monoisotopic (exact) mass is 275 g/mol. The topological polar surface area (TPSA) is 12.9 Å². The van der Waals surface area contributed by atoms with Gasteiger partial charge in [-0.05, 0) is 41.6 Å². The Labute approximate surface area is 99.2 Å². The third-order valence-corrected chi connectivity index (χ3v) is 14.7. The molecular weight excluding hydrogens is 258 g/mol. The van der Waals surface area contributed by atoms with E-state index >= 15 is 0 Å². The first kappa shape index (κ1) is 12.3. The van der Waals surface area contributed by atoms with Crippen LogP contribution in [0.5, 0.6) is 0 Å². The molecule has 6 atom stereocenters. The van der Waals surface area contributed by atoms with E-state index in [9.17, 15) is 0 Å². The predicted octanol–water partition coefficient (Wildman–Crippen LogP) is 4.16. The van der Waals surface area contributed by atoms with Crippen molar-refractivity contribution in [1.29, 1.82) is 0 Å². The zero-order chi connectivity index (χ0) is 10.8. The Morgan fingerprint density at radius 3 is 3.13 bits per heavy atom. The van der Waals surface area contributed by atoms with E-state index in [4.69, 9.17) is 0 Å². The summed E-state index contributed by atoms with van der Waals surface area (Å²) in [5.74, 6) is 0.694. The molecule has 6 unspecified atom stereocenters.